The molecular weight excluding hydrogens is 573 g/mol. The summed E-state index contributed by atoms with van der Waals surface area (Å²) in [7, 11) is 0. The summed E-state index contributed by atoms with van der Waals surface area (Å²) in [6.45, 7) is 9.76. The van der Waals surface area contributed by atoms with Crippen LogP contribution in [0.2, 0.25) is 0 Å². The second-order valence-corrected chi connectivity index (χ2v) is 11.8. The maximum Gasteiger partial charge on any atom is 0.410 e. The average molecular weight is 610 g/mol. The minimum atomic E-state index is -1.13. The van der Waals surface area contributed by atoms with Crippen molar-refractivity contribution in [1.29, 1.82) is 0 Å². The maximum absolute atomic E-state index is 14.3. The molecule has 43 heavy (non-hydrogen) atoms. The van der Waals surface area contributed by atoms with Crippen LogP contribution < -0.4 is 9.64 Å². The van der Waals surface area contributed by atoms with E-state index >= 15 is 0 Å². The summed E-state index contributed by atoms with van der Waals surface area (Å²) in [6, 6.07) is 18.5. The highest BCUT2D eigenvalue weighted by Gasteiger charge is 2.39. The van der Waals surface area contributed by atoms with Crippen molar-refractivity contribution in [2.24, 2.45) is 0 Å². The number of anilines is 1. The monoisotopic (exact) mass is 609 g/mol. The Hall–Kier alpha value is -4.11. The second-order valence-electron chi connectivity index (χ2n) is 11.5. The van der Waals surface area contributed by atoms with Crippen LogP contribution in [-0.2, 0) is 14.3 Å². The lowest BCUT2D eigenvalue weighted by molar-refractivity contribution is -0.137. The highest BCUT2D eigenvalue weighted by atomic mass is 35.5. The van der Waals surface area contributed by atoms with Gasteiger partial charge in [-0.05, 0) is 88.2 Å². The molecule has 10 heteroatoms. The first kappa shape index (κ1) is 31.8. The third kappa shape index (κ3) is 7.84. The van der Waals surface area contributed by atoms with E-state index in [0.717, 1.165) is 0 Å². The van der Waals surface area contributed by atoms with Crippen LogP contribution in [0.25, 0.3) is 0 Å². The van der Waals surface area contributed by atoms with Gasteiger partial charge in [-0.1, -0.05) is 30.3 Å². The number of carbonyl (C=O) groups excluding carboxylic acids is 3. The van der Waals surface area contributed by atoms with Crippen LogP contribution in [0.4, 0.5) is 14.9 Å². The molecule has 1 saturated heterocycles. The highest BCUT2D eigenvalue weighted by molar-refractivity contribution is 6.30. The predicted molar refractivity (Wildman–Crippen MR) is 164 cm³/mol. The largest absolute Gasteiger partial charge is 0.457 e. The SMILES string of the molecule is Cc1cc(Oc2ccccc2)ccc1N(C(=O)CCl)C(C(=O)N1CCN(C(=O)OC(C)(C)C)[C@@H](C)C1)c1ccc(F)cc1. The van der Waals surface area contributed by atoms with Crippen molar-refractivity contribution in [3.05, 3.63) is 89.7 Å². The summed E-state index contributed by atoms with van der Waals surface area (Å²) in [5, 5.41) is 0. The second kappa shape index (κ2) is 13.5. The Morgan fingerprint density at radius 3 is 2.26 bits per heavy atom. The molecule has 3 aromatic carbocycles. The number of para-hydroxylation sites is 1. The van der Waals surface area contributed by atoms with E-state index in [0.29, 0.717) is 28.3 Å². The zero-order valence-corrected chi connectivity index (χ0v) is 25.8. The number of nitrogens with zero attached hydrogens (tertiary/aromatic N) is 3. The smallest absolute Gasteiger partial charge is 0.410 e. The van der Waals surface area contributed by atoms with Gasteiger partial charge in [-0.15, -0.1) is 11.6 Å². The van der Waals surface area contributed by atoms with E-state index in [9.17, 15) is 18.8 Å². The van der Waals surface area contributed by atoms with E-state index < -0.39 is 29.5 Å². The zero-order valence-electron chi connectivity index (χ0n) is 25.1. The van der Waals surface area contributed by atoms with E-state index in [1.165, 1.54) is 29.2 Å². The summed E-state index contributed by atoms with van der Waals surface area (Å²) < 4.78 is 25.5. The van der Waals surface area contributed by atoms with Crippen molar-refractivity contribution in [3.8, 4) is 11.5 Å². The standard InChI is InChI=1S/C33H37ClFN3O5/c1-22-19-27(42-26-9-7-6-8-10-26)15-16-28(22)38(29(39)20-34)30(24-11-13-25(35)14-12-24)31(40)36-17-18-37(23(2)21-36)32(41)43-33(3,4)5/h6-16,19,23,30H,17-18,20-21H2,1-5H3/t23-,30?/m0/s1. The van der Waals surface area contributed by atoms with Crippen molar-refractivity contribution in [1.82, 2.24) is 9.80 Å². The van der Waals surface area contributed by atoms with Gasteiger partial charge < -0.3 is 19.3 Å². The van der Waals surface area contributed by atoms with Crippen molar-refractivity contribution >= 4 is 35.2 Å². The third-order valence-electron chi connectivity index (χ3n) is 7.03. The number of aryl methyl sites for hydroxylation is 1. The molecule has 1 unspecified atom stereocenters. The molecule has 0 radical (unpaired) electrons. The number of rotatable bonds is 7. The molecule has 8 nitrogen and oxygen atoms in total. The fourth-order valence-electron chi connectivity index (χ4n) is 5.04. The summed E-state index contributed by atoms with van der Waals surface area (Å²) >= 11 is 6.11. The van der Waals surface area contributed by atoms with Crippen molar-refractivity contribution in [2.45, 2.75) is 52.3 Å². The number of halogens is 2. The van der Waals surface area contributed by atoms with Crippen LogP contribution in [0, 0.1) is 12.7 Å². The Bertz CT molecular complexity index is 1450. The van der Waals surface area contributed by atoms with Gasteiger partial charge in [-0.25, -0.2) is 9.18 Å². The third-order valence-corrected chi connectivity index (χ3v) is 7.26. The van der Waals surface area contributed by atoms with Gasteiger partial charge in [-0.3, -0.25) is 14.5 Å². The molecule has 0 aromatic heterocycles. The summed E-state index contributed by atoms with van der Waals surface area (Å²) in [6.07, 6.45) is -0.449. The molecule has 4 rings (SSSR count). The minimum absolute atomic E-state index is 0.224. The average Bonchev–Trinajstić information content (AvgIpc) is 2.96. The van der Waals surface area contributed by atoms with Gasteiger partial charge in [0.05, 0.1) is 0 Å². The number of amides is 3. The molecule has 0 saturated carbocycles. The number of piperazine rings is 1. The summed E-state index contributed by atoms with van der Waals surface area (Å²) in [4.78, 5) is 45.2. The van der Waals surface area contributed by atoms with E-state index in [1.807, 2.05) is 44.2 Å². The minimum Gasteiger partial charge on any atom is -0.457 e. The van der Waals surface area contributed by atoms with Gasteiger partial charge in [0.25, 0.3) is 5.91 Å². The maximum atomic E-state index is 14.3. The van der Waals surface area contributed by atoms with E-state index in [4.69, 9.17) is 21.1 Å². The molecule has 2 atom stereocenters. The molecular formula is C33H37ClFN3O5. The summed E-state index contributed by atoms with van der Waals surface area (Å²) in [5.41, 5.74) is 0.916. The molecule has 1 fully saturated rings. The molecule has 0 N–H and O–H groups in total. The lowest BCUT2D eigenvalue weighted by Crippen LogP contribution is -2.58. The van der Waals surface area contributed by atoms with Gasteiger partial charge in [0.15, 0.2) is 0 Å². The lowest BCUT2D eigenvalue weighted by atomic mass is 10.00. The highest BCUT2D eigenvalue weighted by Crippen LogP contribution is 2.35. The van der Waals surface area contributed by atoms with E-state index in [1.54, 1.807) is 48.8 Å². The Morgan fingerprint density at radius 2 is 1.67 bits per heavy atom. The van der Waals surface area contributed by atoms with E-state index in [2.05, 4.69) is 0 Å². The predicted octanol–water partition coefficient (Wildman–Crippen LogP) is 6.71. The molecule has 228 valence electrons. The quantitative estimate of drug-likeness (QED) is 0.278. The first-order chi connectivity index (χ1) is 20.4. The number of alkyl halides is 1. The van der Waals surface area contributed by atoms with Crippen LogP contribution in [0.3, 0.4) is 0 Å². The van der Waals surface area contributed by atoms with Crippen molar-refractivity contribution in [3.63, 3.8) is 0 Å². The van der Waals surface area contributed by atoms with Crippen LogP contribution in [0.1, 0.15) is 44.9 Å². The Labute approximate surface area is 256 Å². The molecule has 3 aromatic rings. The lowest BCUT2D eigenvalue weighted by Gasteiger charge is -2.42. The Morgan fingerprint density at radius 1 is 1.00 bits per heavy atom. The summed E-state index contributed by atoms with van der Waals surface area (Å²) in [5.74, 6) is -0.502. The fraction of sp³-hybridized carbons (Fsp3) is 0.364. The molecule has 0 aliphatic carbocycles. The van der Waals surface area contributed by atoms with Gasteiger partial charge in [0, 0.05) is 31.4 Å². The molecule has 0 bridgehead atoms. The van der Waals surface area contributed by atoms with Crippen LogP contribution >= 0.6 is 11.6 Å². The number of benzene rings is 3. The van der Waals surface area contributed by atoms with Crippen molar-refractivity contribution in [2.75, 3.05) is 30.4 Å². The number of carbonyl (C=O) groups is 3. The zero-order chi connectivity index (χ0) is 31.3. The Kier molecular flexibility index (Phi) is 9.96. The molecule has 0 spiro atoms. The molecule has 1 aliphatic heterocycles. The molecule has 1 aliphatic rings. The van der Waals surface area contributed by atoms with Crippen LogP contribution in [0.15, 0.2) is 72.8 Å². The Balaban J connectivity index is 1.68. The fourth-order valence-corrected chi connectivity index (χ4v) is 5.17. The topological polar surface area (TPSA) is 79.4 Å². The number of hydrogen-bond acceptors (Lipinski definition) is 5. The van der Waals surface area contributed by atoms with Gasteiger partial charge in [0.2, 0.25) is 5.91 Å². The normalized spacial score (nSPS) is 15.9. The van der Waals surface area contributed by atoms with Gasteiger partial charge in [-0.2, -0.15) is 0 Å². The number of ether oxygens (including phenoxy) is 2. The molecule has 1 heterocycles. The van der Waals surface area contributed by atoms with Crippen LogP contribution in [0.5, 0.6) is 11.5 Å². The van der Waals surface area contributed by atoms with Gasteiger partial charge in [0.1, 0.15) is 34.8 Å². The first-order valence-electron chi connectivity index (χ1n) is 14.1. The van der Waals surface area contributed by atoms with Gasteiger partial charge >= 0.3 is 6.09 Å². The van der Waals surface area contributed by atoms with E-state index in [-0.39, 0.29) is 37.5 Å². The first-order valence-corrected chi connectivity index (χ1v) is 14.7. The van der Waals surface area contributed by atoms with Crippen LogP contribution in [-0.4, -0.2) is 64.9 Å². The number of hydrogen-bond donors (Lipinski definition) is 0. The van der Waals surface area contributed by atoms with Crippen molar-refractivity contribution < 1.29 is 28.2 Å². The molecule has 3 amide bonds.